The van der Waals surface area contributed by atoms with Crippen molar-refractivity contribution in [2.24, 2.45) is 11.8 Å². The maximum atomic E-state index is 12.4. The maximum Gasteiger partial charge on any atom is 0.306 e. The van der Waals surface area contributed by atoms with Crippen LogP contribution in [-0.2, 0) is 19.1 Å². The highest BCUT2D eigenvalue weighted by Crippen LogP contribution is 2.21. The molecule has 256 valence electrons. The summed E-state index contributed by atoms with van der Waals surface area (Å²) in [6.07, 6.45) is 31.5. The fourth-order valence-corrected chi connectivity index (χ4v) is 6.57. The van der Waals surface area contributed by atoms with E-state index in [4.69, 9.17) is 9.47 Å². The molecule has 0 aliphatic heterocycles. The van der Waals surface area contributed by atoms with Crippen molar-refractivity contribution in [1.82, 2.24) is 0 Å². The zero-order chi connectivity index (χ0) is 31.6. The Bertz CT molecular complexity index is 546. The highest BCUT2D eigenvalue weighted by molar-refractivity contribution is 7.99. The lowest BCUT2D eigenvalue weighted by atomic mass is 9.95. The van der Waals surface area contributed by atoms with E-state index in [-0.39, 0.29) is 11.9 Å². The molecule has 0 spiro atoms. The second-order valence-electron chi connectivity index (χ2n) is 13.0. The van der Waals surface area contributed by atoms with Gasteiger partial charge in [0, 0.05) is 11.5 Å². The van der Waals surface area contributed by atoms with Gasteiger partial charge < -0.3 is 9.47 Å². The first-order valence-corrected chi connectivity index (χ1v) is 20.1. The summed E-state index contributed by atoms with van der Waals surface area (Å²) in [6.45, 7) is 10.2. The van der Waals surface area contributed by atoms with Crippen LogP contribution in [0.25, 0.3) is 0 Å². The average Bonchev–Trinajstić information content (AvgIpc) is 3.01. The predicted octanol–water partition coefficient (Wildman–Crippen LogP) is 12.3. The lowest BCUT2D eigenvalue weighted by Gasteiger charge is -2.17. The average molecular weight is 627 g/mol. The first kappa shape index (κ1) is 42.3. The molecule has 2 unspecified atom stereocenters. The van der Waals surface area contributed by atoms with Crippen LogP contribution in [0.3, 0.4) is 0 Å². The Hall–Kier alpha value is -0.710. The Balaban J connectivity index is 4.17. The van der Waals surface area contributed by atoms with Crippen LogP contribution in [0.15, 0.2) is 0 Å². The standard InChI is InChI=1S/C38H74O4S/c1-5-9-13-17-19-23-27-35(25-21-15-11-7-3)33-41-37(39)29-31-43-32-30-38(40)42-34-36(26-22-16-12-8-4)28-24-20-18-14-10-6-2/h35-36H,5-34H2,1-4H3. The van der Waals surface area contributed by atoms with E-state index < -0.39 is 0 Å². The van der Waals surface area contributed by atoms with E-state index in [9.17, 15) is 9.59 Å². The van der Waals surface area contributed by atoms with Gasteiger partial charge in [-0.2, -0.15) is 11.8 Å². The summed E-state index contributed by atoms with van der Waals surface area (Å²) >= 11 is 1.66. The summed E-state index contributed by atoms with van der Waals surface area (Å²) in [4.78, 5) is 24.8. The Morgan fingerprint density at radius 2 is 0.721 bits per heavy atom. The highest BCUT2D eigenvalue weighted by atomic mass is 32.2. The molecule has 0 aromatic carbocycles. The molecule has 0 aliphatic rings. The molecule has 0 aliphatic carbocycles. The molecule has 0 N–H and O–H groups in total. The molecule has 0 heterocycles. The van der Waals surface area contributed by atoms with Crippen LogP contribution in [0, 0.1) is 11.8 Å². The van der Waals surface area contributed by atoms with Gasteiger partial charge in [-0.15, -0.1) is 0 Å². The zero-order valence-electron chi connectivity index (χ0n) is 29.4. The minimum absolute atomic E-state index is 0.0859. The van der Waals surface area contributed by atoms with Crippen molar-refractivity contribution in [2.45, 2.75) is 195 Å². The number of hydrogen-bond acceptors (Lipinski definition) is 5. The highest BCUT2D eigenvalue weighted by Gasteiger charge is 2.14. The van der Waals surface area contributed by atoms with Crippen LogP contribution in [0.5, 0.6) is 0 Å². The third kappa shape index (κ3) is 31.1. The van der Waals surface area contributed by atoms with Gasteiger partial charge in [-0.05, 0) is 37.5 Å². The fraction of sp³-hybridized carbons (Fsp3) is 0.947. The van der Waals surface area contributed by atoms with E-state index in [1.165, 1.54) is 154 Å². The molecule has 0 saturated heterocycles. The van der Waals surface area contributed by atoms with E-state index in [0.717, 1.165) is 0 Å². The summed E-state index contributed by atoms with van der Waals surface area (Å²) in [5.74, 6) is 2.26. The number of thioether (sulfide) groups is 1. The minimum atomic E-state index is -0.0859. The fourth-order valence-electron chi connectivity index (χ4n) is 5.75. The number of carbonyl (C=O) groups is 2. The van der Waals surface area contributed by atoms with Crippen molar-refractivity contribution in [3.05, 3.63) is 0 Å². The topological polar surface area (TPSA) is 52.6 Å². The molecule has 43 heavy (non-hydrogen) atoms. The van der Waals surface area contributed by atoms with Crippen molar-refractivity contribution in [3.63, 3.8) is 0 Å². The predicted molar refractivity (Wildman–Crippen MR) is 189 cm³/mol. The summed E-state index contributed by atoms with van der Waals surface area (Å²) in [5, 5.41) is 0. The normalized spacial score (nSPS) is 12.7. The molecule has 0 aromatic rings. The first-order valence-electron chi connectivity index (χ1n) is 19.0. The summed E-state index contributed by atoms with van der Waals surface area (Å²) in [6, 6.07) is 0. The smallest absolute Gasteiger partial charge is 0.306 e. The van der Waals surface area contributed by atoms with Gasteiger partial charge >= 0.3 is 11.9 Å². The Kier molecular flexibility index (Phi) is 33.6. The molecule has 0 rings (SSSR count). The number of rotatable bonds is 34. The Labute approximate surface area is 273 Å². The van der Waals surface area contributed by atoms with Gasteiger partial charge in [0.05, 0.1) is 26.1 Å². The number of hydrogen-bond donors (Lipinski definition) is 0. The number of carbonyl (C=O) groups excluding carboxylic acids is 2. The van der Waals surface area contributed by atoms with Crippen molar-refractivity contribution in [3.8, 4) is 0 Å². The van der Waals surface area contributed by atoms with Gasteiger partial charge in [-0.1, -0.05) is 156 Å². The van der Waals surface area contributed by atoms with Crippen LogP contribution in [0.2, 0.25) is 0 Å². The quantitative estimate of drug-likeness (QED) is 0.0525. The van der Waals surface area contributed by atoms with E-state index in [0.29, 0.717) is 49.4 Å². The van der Waals surface area contributed by atoms with Crippen molar-refractivity contribution < 1.29 is 19.1 Å². The van der Waals surface area contributed by atoms with Crippen molar-refractivity contribution in [2.75, 3.05) is 24.7 Å². The van der Waals surface area contributed by atoms with E-state index >= 15 is 0 Å². The largest absolute Gasteiger partial charge is 0.465 e. The Morgan fingerprint density at radius 3 is 1.05 bits per heavy atom. The van der Waals surface area contributed by atoms with Crippen molar-refractivity contribution in [1.29, 1.82) is 0 Å². The SMILES string of the molecule is CCCCCCCCC(CCCCCC)COC(=O)CCSCCC(=O)OCC(CCCCCC)CCCCCCCC. The van der Waals surface area contributed by atoms with Gasteiger partial charge in [0.15, 0.2) is 0 Å². The monoisotopic (exact) mass is 627 g/mol. The minimum Gasteiger partial charge on any atom is -0.465 e. The van der Waals surface area contributed by atoms with Gasteiger partial charge in [0.25, 0.3) is 0 Å². The lowest BCUT2D eigenvalue weighted by Crippen LogP contribution is -2.16. The molecule has 0 fully saturated rings. The maximum absolute atomic E-state index is 12.4. The first-order chi connectivity index (χ1) is 21.1. The molecule has 0 amide bonds. The molecule has 0 bridgehead atoms. The number of unbranched alkanes of at least 4 members (excludes halogenated alkanes) is 16. The summed E-state index contributed by atoms with van der Waals surface area (Å²) in [5.41, 5.74) is 0. The van der Waals surface area contributed by atoms with E-state index in [1.807, 2.05) is 0 Å². The molecule has 5 heteroatoms. The molecule has 2 atom stereocenters. The molecular weight excluding hydrogens is 552 g/mol. The molecular formula is C38H74O4S. The van der Waals surface area contributed by atoms with Gasteiger partial charge in [-0.25, -0.2) is 0 Å². The molecule has 0 aromatic heterocycles. The second-order valence-corrected chi connectivity index (χ2v) is 14.2. The van der Waals surface area contributed by atoms with E-state index in [2.05, 4.69) is 27.7 Å². The summed E-state index contributed by atoms with van der Waals surface area (Å²) in [7, 11) is 0. The van der Waals surface area contributed by atoms with Crippen LogP contribution >= 0.6 is 11.8 Å². The van der Waals surface area contributed by atoms with Crippen LogP contribution in [0.1, 0.15) is 195 Å². The lowest BCUT2D eigenvalue weighted by molar-refractivity contribution is -0.145. The number of ether oxygens (including phenoxy) is 2. The van der Waals surface area contributed by atoms with Gasteiger partial charge in [-0.3, -0.25) is 9.59 Å². The third-order valence-electron chi connectivity index (χ3n) is 8.72. The van der Waals surface area contributed by atoms with Crippen LogP contribution in [0.4, 0.5) is 0 Å². The van der Waals surface area contributed by atoms with Gasteiger partial charge in [0.1, 0.15) is 0 Å². The molecule has 0 saturated carbocycles. The van der Waals surface area contributed by atoms with Gasteiger partial charge in [0.2, 0.25) is 0 Å². The summed E-state index contributed by atoms with van der Waals surface area (Å²) < 4.78 is 11.4. The van der Waals surface area contributed by atoms with Crippen LogP contribution in [-0.4, -0.2) is 36.7 Å². The molecule has 0 radical (unpaired) electrons. The Morgan fingerprint density at radius 1 is 0.442 bits per heavy atom. The van der Waals surface area contributed by atoms with Crippen molar-refractivity contribution >= 4 is 23.7 Å². The van der Waals surface area contributed by atoms with Crippen LogP contribution < -0.4 is 0 Å². The number of esters is 2. The molecule has 4 nitrogen and oxygen atoms in total. The zero-order valence-corrected chi connectivity index (χ0v) is 30.2. The third-order valence-corrected chi connectivity index (χ3v) is 9.71. The second kappa shape index (κ2) is 34.2. The van der Waals surface area contributed by atoms with E-state index in [1.54, 1.807) is 11.8 Å².